The second-order valence-electron chi connectivity index (χ2n) is 17.4. The summed E-state index contributed by atoms with van der Waals surface area (Å²) in [6.07, 6.45) is 64.3. The van der Waals surface area contributed by atoms with Crippen molar-refractivity contribution in [3.8, 4) is 0 Å². The Kier molecular flexibility index (Phi) is 42.4. The van der Waals surface area contributed by atoms with Gasteiger partial charge in [0.2, 0.25) is 5.91 Å². The zero-order valence-corrected chi connectivity index (χ0v) is 41.6. The molecule has 3 unspecified atom stereocenters. The second kappa shape index (κ2) is 44.4. The third-order valence-electron chi connectivity index (χ3n) is 10.2. The molecule has 0 aromatic carbocycles. The third kappa shape index (κ3) is 47.0. The zero-order valence-electron chi connectivity index (χ0n) is 40.7. The van der Waals surface area contributed by atoms with Gasteiger partial charge in [0.25, 0.3) is 7.82 Å². The number of allylic oxidation sites excluding steroid dienone is 17. The number of aliphatic hydroxyl groups excluding tert-OH is 1. The Morgan fingerprint density at radius 3 is 1.48 bits per heavy atom. The molecule has 0 aromatic rings. The number of unbranched alkanes of at least 4 members (excludes halogenated alkanes) is 14. The van der Waals surface area contributed by atoms with Gasteiger partial charge in [0.1, 0.15) is 13.2 Å². The molecule has 0 rings (SSSR count). The van der Waals surface area contributed by atoms with Gasteiger partial charge in [-0.15, -0.1) is 0 Å². The highest BCUT2D eigenvalue weighted by molar-refractivity contribution is 7.45. The van der Waals surface area contributed by atoms with E-state index in [2.05, 4.69) is 116 Å². The first-order valence-electron chi connectivity index (χ1n) is 24.7. The third-order valence-corrected chi connectivity index (χ3v) is 11.2. The summed E-state index contributed by atoms with van der Waals surface area (Å²) >= 11 is 0. The van der Waals surface area contributed by atoms with Gasteiger partial charge in [-0.25, -0.2) is 0 Å². The number of phosphoric ester groups is 1. The number of likely N-dealkylation sites (N-methyl/N-ethyl adjacent to an activating group) is 1. The largest absolute Gasteiger partial charge is 0.756 e. The minimum absolute atomic E-state index is 0.0150. The maximum absolute atomic E-state index is 12.9. The summed E-state index contributed by atoms with van der Waals surface area (Å²) in [4.78, 5) is 25.3. The van der Waals surface area contributed by atoms with Crippen LogP contribution < -0.4 is 10.2 Å². The highest BCUT2D eigenvalue weighted by atomic mass is 31.2. The summed E-state index contributed by atoms with van der Waals surface area (Å²) in [5.41, 5.74) is 0. The van der Waals surface area contributed by atoms with E-state index in [1.807, 2.05) is 27.2 Å². The van der Waals surface area contributed by atoms with Crippen LogP contribution in [0.25, 0.3) is 0 Å². The van der Waals surface area contributed by atoms with Crippen LogP contribution in [0, 0.1) is 0 Å². The Labute approximate surface area is 387 Å². The molecule has 0 aliphatic carbocycles. The van der Waals surface area contributed by atoms with Crippen LogP contribution >= 0.6 is 7.82 Å². The lowest BCUT2D eigenvalue weighted by molar-refractivity contribution is -0.870. The fraction of sp³-hybridized carbons (Fsp3) is 0.648. The lowest BCUT2D eigenvalue weighted by Gasteiger charge is -2.29. The number of hydrogen-bond donors (Lipinski definition) is 2. The zero-order chi connectivity index (χ0) is 46.4. The van der Waals surface area contributed by atoms with Crippen molar-refractivity contribution in [2.24, 2.45) is 0 Å². The van der Waals surface area contributed by atoms with Crippen molar-refractivity contribution >= 4 is 13.7 Å². The van der Waals surface area contributed by atoms with Crippen molar-refractivity contribution in [3.05, 3.63) is 109 Å². The normalized spacial score (nSPS) is 15.1. The molecule has 0 radical (unpaired) electrons. The van der Waals surface area contributed by atoms with E-state index in [-0.39, 0.29) is 12.5 Å². The minimum atomic E-state index is -4.61. The molecule has 0 aliphatic heterocycles. The summed E-state index contributed by atoms with van der Waals surface area (Å²) in [7, 11) is 1.21. The number of nitrogens with one attached hydrogen (secondary N) is 1. The van der Waals surface area contributed by atoms with Gasteiger partial charge in [-0.1, -0.05) is 187 Å². The van der Waals surface area contributed by atoms with E-state index in [9.17, 15) is 19.4 Å². The van der Waals surface area contributed by atoms with Gasteiger partial charge >= 0.3 is 0 Å². The number of phosphoric acid groups is 1. The molecule has 3 atom stereocenters. The average Bonchev–Trinajstić information content (AvgIpc) is 3.24. The molecule has 63 heavy (non-hydrogen) atoms. The van der Waals surface area contributed by atoms with Crippen LogP contribution in [0.3, 0.4) is 0 Å². The molecule has 360 valence electrons. The fourth-order valence-corrected chi connectivity index (χ4v) is 7.05. The molecule has 0 spiro atoms. The van der Waals surface area contributed by atoms with Crippen molar-refractivity contribution in [1.29, 1.82) is 0 Å². The van der Waals surface area contributed by atoms with Gasteiger partial charge in [0.05, 0.1) is 39.9 Å². The number of aliphatic hydroxyl groups is 1. The molecule has 0 bridgehead atoms. The van der Waals surface area contributed by atoms with Crippen molar-refractivity contribution in [1.82, 2.24) is 5.32 Å². The van der Waals surface area contributed by atoms with Gasteiger partial charge in [-0.3, -0.25) is 9.36 Å². The minimum Gasteiger partial charge on any atom is -0.756 e. The van der Waals surface area contributed by atoms with Crippen molar-refractivity contribution in [2.75, 3.05) is 40.9 Å². The highest BCUT2D eigenvalue weighted by Gasteiger charge is 2.23. The number of amides is 1. The first kappa shape index (κ1) is 60.2. The molecule has 0 aromatic heterocycles. The lowest BCUT2D eigenvalue weighted by atomic mass is 10.1. The number of rotatable bonds is 43. The lowest BCUT2D eigenvalue weighted by Crippen LogP contribution is -2.45. The van der Waals surface area contributed by atoms with Crippen LogP contribution in [-0.4, -0.2) is 68.5 Å². The van der Waals surface area contributed by atoms with E-state index in [4.69, 9.17) is 9.05 Å². The molecular formula is C54H93N2O6P. The van der Waals surface area contributed by atoms with Crippen LogP contribution in [0.5, 0.6) is 0 Å². The summed E-state index contributed by atoms with van der Waals surface area (Å²) in [6, 6.07) is -0.916. The van der Waals surface area contributed by atoms with E-state index in [1.54, 1.807) is 6.08 Å². The summed E-state index contributed by atoms with van der Waals surface area (Å²) in [5.74, 6) is -0.226. The predicted molar refractivity (Wildman–Crippen MR) is 269 cm³/mol. The molecule has 8 nitrogen and oxygen atoms in total. The summed E-state index contributed by atoms with van der Waals surface area (Å²) < 4.78 is 23.2. The standard InChI is InChI=1S/C54H93N2O6P/c1-6-8-10-12-14-16-18-20-21-22-23-24-25-26-27-28-29-30-31-32-33-34-35-36-38-40-42-44-46-48-54(58)55-52(51-62-63(59,60)61-50-49-56(3,4)5)53(57)47-45-43-41-39-37-19-17-15-13-11-9-7-2/h8,10,14,16,20-21,23-24,26-27,29-30,32-33,37,39,45,47,52-53,57H,6-7,9,11-13,15,17-19,22,25,28,31,34-36,38,40-44,46,48-51H2,1-5H3,(H-,55,58,59,60)/b10-8-,16-14-,21-20-,24-23-,27-26-,30-29-,33-32-,39-37+,47-45+. The number of carbonyl (C=O) groups excluding carboxylic acids is 1. The van der Waals surface area contributed by atoms with Gasteiger partial charge < -0.3 is 28.8 Å². The molecule has 0 aliphatic rings. The smallest absolute Gasteiger partial charge is 0.268 e. The Morgan fingerprint density at radius 1 is 0.571 bits per heavy atom. The molecule has 0 fully saturated rings. The monoisotopic (exact) mass is 897 g/mol. The molecule has 1 amide bonds. The average molecular weight is 897 g/mol. The van der Waals surface area contributed by atoms with Crippen molar-refractivity contribution in [3.63, 3.8) is 0 Å². The summed E-state index contributed by atoms with van der Waals surface area (Å²) in [6.45, 7) is 4.46. The Balaban J connectivity index is 4.30. The first-order chi connectivity index (χ1) is 30.5. The number of quaternary nitrogens is 1. The van der Waals surface area contributed by atoms with E-state index < -0.39 is 26.6 Å². The van der Waals surface area contributed by atoms with Gasteiger partial charge in [0, 0.05) is 6.42 Å². The number of carbonyl (C=O) groups is 1. The molecule has 0 heterocycles. The number of hydrogen-bond acceptors (Lipinski definition) is 6. The predicted octanol–water partition coefficient (Wildman–Crippen LogP) is 13.8. The maximum Gasteiger partial charge on any atom is 0.268 e. The van der Waals surface area contributed by atoms with E-state index >= 15 is 0 Å². The number of nitrogens with zero attached hydrogens (tertiary/aromatic N) is 1. The van der Waals surface area contributed by atoms with Crippen molar-refractivity contribution < 1.29 is 32.9 Å². The van der Waals surface area contributed by atoms with Crippen LogP contribution in [0.15, 0.2) is 109 Å². The van der Waals surface area contributed by atoms with E-state index in [1.165, 1.54) is 57.8 Å². The Morgan fingerprint density at radius 2 is 0.984 bits per heavy atom. The van der Waals surface area contributed by atoms with Crippen molar-refractivity contribution in [2.45, 2.75) is 187 Å². The molecular weight excluding hydrogens is 804 g/mol. The quantitative estimate of drug-likeness (QED) is 0.0273. The van der Waals surface area contributed by atoms with Crippen LogP contribution in [-0.2, 0) is 18.4 Å². The topological polar surface area (TPSA) is 108 Å². The van der Waals surface area contributed by atoms with Crippen LogP contribution in [0.2, 0.25) is 0 Å². The van der Waals surface area contributed by atoms with Crippen LogP contribution in [0.1, 0.15) is 174 Å². The fourth-order valence-electron chi connectivity index (χ4n) is 6.32. The second-order valence-corrected chi connectivity index (χ2v) is 18.8. The molecule has 9 heteroatoms. The Hall–Kier alpha value is -2.84. The maximum atomic E-state index is 12.9. The van der Waals surface area contributed by atoms with Gasteiger partial charge in [-0.05, 0) is 89.9 Å². The van der Waals surface area contributed by atoms with E-state index in [0.29, 0.717) is 17.4 Å². The van der Waals surface area contributed by atoms with Gasteiger partial charge in [-0.2, -0.15) is 0 Å². The van der Waals surface area contributed by atoms with Crippen LogP contribution in [0.4, 0.5) is 0 Å². The Bertz CT molecular complexity index is 1390. The first-order valence-corrected chi connectivity index (χ1v) is 26.2. The summed E-state index contributed by atoms with van der Waals surface area (Å²) in [5, 5.41) is 13.7. The SMILES string of the molecule is CC/C=C\C/C=C\C/C=C\C/C=C\C/C=C\C/C=C\C/C=C\CCCCCCCCCC(=O)NC(COP(=O)([O-])OCC[N+](C)(C)C)C(O)/C=C/CC/C=C/CCCCCCCC. The highest BCUT2D eigenvalue weighted by Crippen LogP contribution is 2.38. The molecule has 0 saturated carbocycles. The van der Waals surface area contributed by atoms with Gasteiger partial charge in [0.15, 0.2) is 0 Å². The molecule has 0 saturated heterocycles. The molecule has 2 N–H and O–H groups in total. The van der Waals surface area contributed by atoms with E-state index in [0.717, 1.165) is 96.3 Å².